The summed E-state index contributed by atoms with van der Waals surface area (Å²) in [7, 11) is 0. The third kappa shape index (κ3) is 3.95. The number of piperidine rings is 1. The van der Waals surface area contributed by atoms with E-state index in [-0.39, 0.29) is 41.6 Å². The molecule has 2 saturated heterocycles. The van der Waals surface area contributed by atoms with Crippen LogP contribution in [0.5, 0.6) is 0 Å². The minimum atomic E-state index is -0.840. The van der Waals surface area contributed by atoms with E-state index in [9.17, 15) is 15.0 Å². The van der Waals surface area contributed by atoms with Crippen molar-refractivity contribution in [3.05, 3.63) is 0 Å². The highest BCUT2D eigenvalue weighted by atomic mass is 16.5. The van der Waals surface area contributed by atoms with E-state index in [1.165, 1.54) is 0 Å². The van der Waals surface area contributed by atoms with Crippen molar-refractivity contribution in [2.24, 2.45) is 29.6 Å². The van der Waals surface area contributed by atoms with Gasteiger partial charge in [0.05, 0.1) is 18.3 Å². The SMILES string of the molecule is CCC[C@H](C)[C@@H](O)C[C@@H]1O[C@@]2(NC(=O)[C@@H](CC)C[C@@H]2C)[C@@H](C)[C@@H](O)[C@H]1C. The quantitative estimate of drug-likeness (QED) is 0.672. The first-order valence-corrected chi connectivity index (χ1v) is 10.5. The highest BCUT2D eigenvalue weighted by Gasteiger charge is 2.57. The van der Waals surface area contributed by atoms with Gasteiger partial charge in [-0.3, -0.25) is 4.79 Å². The van der Waals surface area contributed by atoms with E-state index in [2.05, 4.69) is 26.1 Å². The fourth-order valence-electron chi connectivity index (χ4n) is 4.96. The van der Waals surface area contributed by atoms with Crippen molar-refractivity contribution in [1.29, 1.82) is 0 Å². The Labute approximate surface area is 158 Å². The predicted molar refractivity (Wildman–Crippen MR) is 102 cm³/mol. The van der Waals surface area contributed by atoms with E-state index in [1.807, 2.05) is 20.8 Å². The number of nitrogens with one attached hydrogen (secondary N) is 1. The molecule has 5 heteroatoms. The molecule has 0 aromatic rings. The van der Waals surface area contributed by atoms with Gasteiger partial charge in [0.1, 0.15) is 5.72 Å². The van der Waals surface area contributed by atoms with Gasteiger partial charge >= 0.3 is 0 Å². The summed E-state index contributed by atoms with van der Waals surface area (Å²) < 4.78 is 6.53. The van der Waals surface area contributed by atoms with Crippen molar-refractivity contribution in [1.82, 2.24) is 5.32 Å². The third-order valence-corrected chi connectivity index (χ3v) is 7.09. The van der Waals surface area contributed by atoms with Gasteiger partial charge in [-0.25, -0.2) is 0 Å². The molecule has 2 aliphatic heterocycles. The molecule has 2 fully saturated rings. The van der Waals surface area contributed by atoms with Crippen molar-refractivity contribution in [3.63, 3.8) is 0 Å². The second-order valence-electron chi connectivity index (χ2n) is 8.89. The fourth-order valence-corrected chi connectivity index (χ4v) is 4.96. The Balaban J connectivity index is 2.21. The van der Waals surface area contributed by atoms with Crippen LogP contribution in [0.2, 0.25) is 0 Å². The lowest BCUT2D eigenvalue weighted by molar-refractivity contribution is -0.267. The molecule has 0 aromatic carbocycles. The molecule has 0 radical (unpaired) electrons. The summed E-state index contributed by atoms with van der Waals surface area (Å²) in [5.41, 5.74) is -0.840. The highest BCUT2D eigenvalue weighted by Crippen LogP contribution is 2.46. The van der Waals surface area contributed by atoms with E-state index in [0.717, 1.165) is 25.7 Å². The van der Waals surface area contributed by atoms with Crippen molar-refractivity contribution < 1.29 is 19.7 Å². The molecule has 3 N–H and O–H groups in total. The van der Waals surface area contributed by atoms with E-state index < -0.39 is 17.9 Å². The smallest absolute Gasteiger partial charge is 0.225 e. The summed E-state index contributed by atoms with van der Waals surface area (Å²) in [4.78, 5) is 12.6. The molecule has 2 aliphatic rings. The Hall–Kier alpha value is -0.650. The largest absolute Gasteiger partial charge is 0.393 e. The summed E-state index contributed by atoms with van der Waals surface area (Å²) in [5, 5.41) is 24.6. The van der Waals surface area contributed by atoms with Gasteiger partial charge in [0, 0.05) is 30.1 Å². The lowest BCUT2D eigenvalue weighted by Gasteiger charge is -2.56. The summed E-state index contributed by atoms with van der Waals surface area (Å²) in [5.74, 6) is 0.0956. The normalized spacial score (nSPS) is 43.2. The number of hydrogen-bond donors (Lipinski definition) is 3. The monoisotopic (exact) mass is 369 g/mol. The average Bonchev–Trinajstić information content (AvgIpc) is 2.60. The maximum absolute atomic E-state index is 12.6. The van der Waals surface area contributed by atoms with Crippen LogP contribution < -0.4 is 5.32 Å². The second-order valence-corrected chi connectivity index (χ2v) is 8.89. The van der Waals surface area contributed by atoms with Crippen LogP contribution >= 0.6 is 0 Å². The van der Waals surface area contributed by atoms with Gasteiger partial charge in [-0.05, 0) is 25.2 Å². The van der Waals surface area contributed by atoms with Gasteiger partial charge < -0.3 is 20.3 Å². The van der Waals surface area contributed by atoms with E-state index in [1.54, 1.807) is 0 Å². The van der Waals surface area contributed by atoms with E-state index in [4.69, 9.17) is 4.74 Å². The van der Waals surface area contributed by atoms with Crippen LogP contribution in [0.4, 0.5) is 0 Å². The molecule has 2 heterocycles. The molecule has 152 valence electrons. The van der Waals surface area contributed by atoms with Crippen LogP contribution in [0.1, 0.15) is 73.6 Å². The van der Waals surface area contributed by atoms with Gasteiger partial charge in [-0.15, -0.1) is 0 Å². The number of hydrogen-bond acceptors (Lipinski definition) is 4. The van der Waals surface area contributed by atoms with Crippen LogP contribution in [0.25, 0.3) is 0 Å². The first kappa shape index (κ1) is 21.6. The van der Waals surface area contributed by atoms with E-state index in [0.29, 0.717) is 6.42 Å². The molecule has 1 spiro atoms. The van der Waals surface area contributed by atoms with Crippen LogP contribution in [-0.2, 0) is 9.53 Å². The maximum Gasteiger partial charge on any atom is 0.225 e. The lowest BCUT2D eigenvalue weighted by atomic mass is 9.69. The van der Waals surface area contributed by atoms with Crippen LogP contribution in [-0.4, -0.2) is 40.2 Å². The Morgan fingerprint density at radius 1 is 1.31 bits per heavy atom. The first-order chi connectivity index (χ1) is 12.2. The summed E-state index contributed by atoms with van der Waals surface area (Å²) >= 11 is 0. The lowest BCUT2D eigenvalue weighted by Crippen LogP contribution is -2.71. The molecule has 0 bridgehead atoms. The zero-order chi connectivity index (χ0) is 19.6. The summed E-state index contributed by atoms with van der Waals surface area (Å²) in [6.45, 7) is 12.3. The van der Waals surface area contributed by atoms with Gasteiger partial charge in [-0.1, -0.05) is 48.0 Å². The molecule has 0 unspecified atom stereocenters. The van der Waals surface area contributed by atoms with Gasteiger partial charge in [0.2, 0.25) is 5.91 Å². The van der Waals surface area contributed by atoms with Crippen molar-refractivity contribution in [2.45, 2.75) is 97.7 Å². The van der Waals surface area contributed by atoms with E-state index >= 15 is 0 Å². The molecule has 0 saturated carbocycles. The zero-order valence-electron chi connectivity index (χ0n) is 17.4. The first-order valence-electron chi connectivity index (χ1n) is 10.5. The summed E-state index contributed by atoms with van der Waals surface area (Å²) in [6.07, 6.45) is 2.79. The number of carbonyl (C=O) groups excluding carboxylic acids is 1. The van der Waals surface area contributed by atoms with Crippen LogP contribution in [0.15, 0.2) is 0 Å². The molecular weight excluding hydrogens is 330 g/mol. The number of rotatable bonds is 6. The number of amides is 1. The molecule has 9 atom stereocenters. The Morgan fingerprint density at radius 3 is 2.54 bits per heavy atom. The Morgan fingerprint density at radius 2 is 1.96 bits per heavy atom. The Bertz CT molecular complexity index is 485. The molecule has 0 aromatic heterocycles. The van der Waals surface area contributed by atoms with Crippen LogP contribution in [0.3, 0.4) is 0 Å². The average molecular weight is 370 g/mol. The standard InChI is InChI=1S/C21H39NO4/c1-7-9-12(3)17(23)11-18-14(5)19(24)15(6)21(26-18)13(4)10-16(8-2)20(25)22-21/h12-19,23-24H,7-11H2,1-6H3,(H,22,25)/t12-,13-,14-,15-,16-,17-,18-,19-,21+/m0/s1. The van der Waals surface area contributed by atoms with Gasteiger partial charge in [0.15, 0.2) is 0 Å². The van der Waals surface area contributed by atoms with Crippen molar-refractivity contribution in [3.8, 4) is 0 Å². The molecule has 2 rings (SSSR count). The van der Waals surface area contributed by atoms with Gasteiger partial charge in [0.25, 0.3) is 0 Å². The highest BCUT2D eigenvalue weighted by molar-refractivity contribution is 5.80. The van der Waals surface area contributed by atoms with Crippen molar-refractivity contribution >= 4 is 5.91 Å². The van der Waals surface area contributed by atoms with Gasteiger partial charge in [-0.2, -0.15) is 0 Å². The van der Waals surface area contributed by atoms with Crippen molar-refractivity contribution in [2.75, 3.05) is 0 Å². The number of carbonyl (C=O) groups is 1. The molecule has 5 nitrogen and oxygen atoms in total. The topological polar surface area (TPSA) is 78.8 Å². The maximum atomic E-state index is 12.6. The number of aliphatic hydroxyl groups is 2. The second kappa shape index (κ2) is 8.57. The zero-order valence-corrected chi connectivity index (χ0v) is 17.4. The molecular formula is C21H39NO4. The molecule has 1 amide bonds. The minimum absolute atomic E-state index is 0.0107. The predicted octanol–water partition coefficient (Wildman–Crippen LogP) is 3.08. The number of aliphatic hydroxyl groups excluding tert-OH is 2. The number of ether oxygens (including phenoxy) is 1. The van der Waals surface area contributed by atoms with Crippen LogP contribution in [0, 0.1) is 29.6 Å². The fraction of sp³-hybridized carbons (Fsp3) is 0.952. The minimum Gasteiger partial charge on any atom is -0.393 e. The molecule has 26 heavy (non-hydrogen) atoms. The summed E-state index contributed by atoms with van der Waals surface area (Å²) in [6, 6.07) is 0. The Kier molecular flexibility index (Phi) is 7.14. The molecule has 0 aliphatic carbocycles. The third-order valence-electron chi connectivity index (χ3n) is 7.09.